The second-order valence-electron chi connectivity index (χ2n) is 7.34. The van der Waals surface area contributed by atoms with Crippen molar-refractivity contribution in [3.8, 4) is 11.9 Å². The van der Waals surface area contributed by atoms with E-state index in [0.29, 0.717) is 23.5 Å². The highest BCUT2D eigenvalue weighted by Gasteiger charge is 2.52. The molecule has 0 bridgehead atoms. The Hall–Kier alpha value is -3.32. The second-order valence-corrected chi connectivity index (χ2v) is 7.34. The first-order valence-corrected chi connectivity index (χ1v) is 9.75. The van der Waals surface area contributed by atoms with Gasteiger partial charge in [-0.2, -0.15) is 5.26 Å². The minimum absolute atomic E-state index is 0.208. The standard InChI is InChI=1S/C22H27N5O4/c1-22(20(29-2)30-3)19(28)18(16-11-15(24)9-10-17(16)31-22)27-21(26-13-23)25-12-14-7-5-4-6-8-14/h4-11,18-20,28H,12,24H2,1-3H3,(H2,25,26,27)/t18?,19?,22-/m1/s1. The normalized spacial score (nSPS) is 22.9. The molecule has 2 aromatic carbocycles. The van der Waals surface area contributed by atoms with Gasteiger partial charge in [-0.05, 0) is 30.7 Å². The van der Waals surface area contributed by atoms with Gasteiger partial charge in [0.25, 0.3) is 0 Å². The molecular weight excluding hydrogens is 398 g/mol. The molecule has 1 heterocycles. The highest BCUT2D eigenvalue weighted by atomic mass is 16.7. The van der Waals surface area contributed by atoms with Crippen molar-refractivity contribution in [2.24, 2.45) is 4.99 Å². The van der Waals surface area contributed by atoms with Gasteiger partial charge in [0.05, 0.1) is 12.6 Å². The molecule has 0 saturated heterocycles. The lowest BCUT2D eigenvalue weighted by atomic mass is 9.84. The first-order chi connectivity index (χ1) is 14.9. The van der Waals surface area contributed by atoms with Gasteiger partial charge in [-0.15, -0.1) is 0 Å². The monoisotopic (exact) mass is 425 g/mol. The van der Waals surface area contributed by atoms with Crippen molar-refractivity contribution in [3.05, 3.63) is 59.7 Å². The summed E-state index contributed by atoms with van der Waals surface area (Å²) in [6.07, 6.45) is -0.106. The van der Waals surface area contributed by atoms with Gasteiger partial charge in [-0.3, -0.25) is 5.32 Å². The average molecular weight is 425 g/mol. The van der Waals surface area contributed by atoms with Crippen LogP contribution in [0.1, 0.15) is 24.1 Å². The number of fused-ring (bicyclic) bond motifs is 1. The van der Waals surface area contributed by atoms with Crippen LogP contribution in [-0.2, 0) is 16.0 Å². The number of anilines is 1. The number of aliphatic hydroxyl groups is 1. The van der Waals surface area contributed by atoms with Gasteiger partial charge in [-0.25, -0.2) is 4.99 Å². The van der Waals surface area contributed by atoms with Gasteiger partial charge in [0, 0.05) is 25.5 Å². The Morgan fingerprint density at radius 1 is 1.29 bits per heavy atom. The molecule has 3 rings (SSSR count). The minimum Gasteiger partial charge on any atom is -0.479 e. The summed E-state index contributed by atoms with van der Waals surface area (Å²) < 4.78 is 16.9. The van der Waals surface area contributed by atoms with E-state index in [-0.39, 0.29) is 5.96 Å². The Labute approximate surface area is 181 Å². The molecule has 1 aliphatic rings. The molecule has 0 saturated carbocycles. The average Bonchev–Trinajstić information content (AvgIpc) is 2.77. The van der Waals surface area contributed by atoms with Crippen LogP contribution in [0.4, 0.5) is 5.69 Å². The van der Waals surface area contributed by atoms with Crippen molar-refractivity contribution in [2.45, 2.75) is 37.5 Å². The van der Waals surface area contributed by atoms with E-state index in [1.54, 1.807) is 25.1 Å². The summed E-state index contributed by atoms with van der Waals surface area (Å²) in [5.41, 5.74) is 6.84. The first-order valence-electron chi connectivity index (χ1n) is 9.75. The molecule has 2 aromatic rings. The topological polar surface area (TPSA) is 134 Å². The molecule has 164 valence electrons. The minimum atomic E-state index is -1.25. The van der Waals surface area contributed by atoms with Crippen LogP contribution in [0.25, 0.3) is 0 Å². The van der Waals surface area contributed by atoms with Gasteiger partial charge in [0.1, 0.15) is 11.9 Å². The third-order valence-corrected chi connectivity index (χ3v) is 5.23. The van der Waals surface area contributed by atoms with Crippen LogP contribution in [0.3, 0.4) is 0 Å². The molecular formula is C22H27N5O4. The third kappa shape index (κ3) is 4.72. The summed E-state index contributed by atoms with van der Waals surface area (Å²) in [4.78, 5) is 4.47. The number of ether oxygens (including phenoxy) is 3. The molecule has 0 aliphatic carbocycles. The van der Waals surface area contributed by atoms with Gasteiger partial charge < -0.3 is 30.4 Å². The van der Waals surface area contributed by atoms with Gasteiger partial charge in [-0.1, -0.05) is 30.3 Å². The number of nitrogens with one attached hydrogen (secondary N) is 2. The number of nitriles is 1. The molecule has 0 spiro atoms. The lowest BCUT2D eigenvalue weighted by molar-refractivity contribution is -0.238. The van der Waals surface area contributed by atoms with E-state index in [2.05, 4.69) is 15.6 Å². The number of aliphatic imine (C=N–C) groups is 1. The number of methoxy groups -OCH3 is 2. The number of hydrogen-bond donors (Lipinski definition) is 4. The molecule has 1 aliphatic heterocycles. The number of benzene rings is 2. The zero-order valence-corrected chi connectivity index (χ0v) is 17.7. The number of hydrogen-bond acceptors (Lipinski definition) is 7. The summed E-state index contributed by atoms with van der Waals surface area (Å²) in [5.74, 6) is 0.720. The van der Waals surface area contributed by atoms with Crippen LogP contribution in [0, 0.1) is 11.5 Å². The number of nitrogens with zero attached hydrogens (tertiary/aromatic N) is 2. The first kappa shape index (κ1) is 22.4. The third-order valence-electron chi connectivity index (χ3n) is 5.23. The molecule has 0 fully saturated rings. The maximum atomic E-state index is 11.3. The molecule has 0 aromatic heterocycles. The predicted molar refractivity (Wildman–Crippen MR) is 116 cm³/mol. The summed E-state index contributed by atoms with van der Waals surface area (Å²) in [6.45, 7) is 2.04. The number of guanidine groups is 1. The molecule has 3 atom stereocenters. The zero-order chi connectivity index (χ0) is 22.4. The zero-order valence-electron chi connectivity index (χ0n) is 17.7. The van der Waals surface area contributed by atoms with E-state index in [9.17, 15) is 10.4 Å². The Balaban J connectivity index is 1.97. The van der Waals surface area contributed by atoms with Crippen molar-refractivity contribution < 1.29 is 19.3 Å². The van der Waals surface area contributed by atoms with Gasteiger partial charge >= 0.3 is 0 Å². The fourth-order valence-corrected chi connectivity index (χ4v) is 3.68. The second kappa shape index (κ2) is 9.66. The molecule has 31 heavy (non-hydrogen) atoms. The highest BCUT2D eigenvalue weighted by molar-refractivity contribution is 5.82. The van der Waals surface area contributed by atoms with Crippen LogP contribution in [0.15, 0.2) is 53.5 Å². The van der Waals surface area contributed by atoms with Gasteiger partial charge in [0.2, 0.25) is 5.96 Å². The van der Waals surface area contributed by atoms with Crippen molar-refractivity contribution in [1.82, 2.24) is 10.6 Å². The van der Waals surface area contributed by atoms with E-state index in [4.69, 9.17) is 19.9 Å². The van der Waals surface area contributed by atoms with E-state index in [1.165, 1.54) is 14.2 Å². The van der Waals surface area contributed by atoms with Crippen LogP contribution >= 0.6 is 0 Å². The quantitative estimate of drug-likeness (QED) is 0.137. The van der Waals surface area contributed by atoms with Crippen molar-refractivity contribution in [1.29, 1.82) is 5.26 Å². The Kier molecular flexibility index (Phi) is 6.97. The van der Waals surface area contributed by atoms with Crippen molar-refractivity contribution >= 4 is 11.6 Å². The Morgan fingerprint density at radius 3 is 2.65 bits per heavy atom. The Bertz CT molecular complexity index is 958. The molecule has 9 nitrogen and oxygen atoms in total. The number of nitrogen functional groups attached to an aromatic ring is 1. The maximum absolute atomic E-state index is 11.3. The summed E-state index contributed by atoms with van der Waals surface area (Å²) >= 11 is 0. The fraction of sp³-hybridized carbons (Fsp3) is 0.364. The van der Waals surface area contributed by atoms with E-state index >= 15 is 0 Å². The molecule has 2 unspecified atom stereocenters. The smallest absolute Gasteiger partial charge is 0.205 e. The van der Waals surface area contributed by atoms with Crippen LogP contribution < -0.4 is 21.1 Å². The fourth-order valence-electron chi connectivity index (χ4n) is 3.68. The number of nitrogens with two attached hydrogens (primary N) is 1. The molecule has 9 heteroatoms. The number of rotatable bonds is 6. The summed E-state index contributed by atoms with van der Waals surface area (Å²) in [5, 5.41) is 26.2. The molecule has 5 N–H and O–H groups in total. The van der Waals surface area contributed by atoms with Gasteiger partial charge in [0.15, 0.2) is 18.1 Å². The molecule has 0 radical (unpaired) electrons. The molecule has 0 amide bonds. The summed E-state index contributed by atoms with van der Waals surface area (Å²) in [6, 6.07) is 14.1. The van der Waals surface area contributed by atoms with E-state index in [0.717, 1.165) is 5.56 Å². The van der Waals surface area contributed by atoms with E-state index < -0.39 is 24.0 Å². The largest absolute Gasteiger partial charge is 0.479 e. The maximum Gasteiger partial charge on any atom is 0.205 e. The number of aliphatic hydroxyl groups excluding tert-OH is 1. The van der Waals surface area contributed by atoms with Crippen LogP contribution in [-0.4, -0.2) is 43.3 Å². The highest BCUT2D eigenvalue weighted by Crippen LogP contribution is 2.43. The lowest BCUT2D eigenvalue weighted by Crippen LogP contribution is -2.62. The summed E-state index contributed by atoms with van der Waals surface area (Å²) in [7, 11) is 2.95. The Morgan fingerprint density at radius 2 is 2.00 bits per heavy atom. The van der Waals surface area contributed by atoms with Crippen LogP contribution in [0.2, 0.25) is 0 Å². The lowest BCUT2D eigenvalue weighted by Gasteiger charge is -2.46. The van der Waals surface area contributed by atoms with Crippen molar-refractivity contribution in [2.75, 3.05) is 20.0 Å². The van der Waals surface area contributed by atoms with Crippen LogP contribution in [0.5, 0.6) is 5.75 Å². The predicted octanol–water partition coefficient (Wildman–Crippen LogP) is 1.66. The SMILES string of the molecule is COC(OC)[C@]1(C)Oc2ccc(N)cc2C(NC(=NCc2ccccc2)NC#N)C1O. The van der Waals surface area contributed by atoms with E-state index in [1.807, 2.05) is 36.5 Å². The van der Waals surface area contributed by atoms with Crippen molar-refractivity contribution in [3.63, 3.8) is 0 Å².